The summed E-state index contributed by atoms with van der Waals surface area (Å²) in [4.78, 5) is 0.240. The standard InChI is InChI=1S/C14H20N4O2S/c1-10-14(11(2)18(4)16-10)21(19,20)17-13-8-6-5-7-12(13)9-15-3/h5-8,15,17H,9H2,1-4H3. The molecule has 0 radical (unpaired) electrons. The lowest BCUT2D eigenvalue weighted by atomic mass is 10.2. The molecule has 0 saturated carbocycles. The molecule has 0 bridgehead atoms. The lowest BCUT2D eigenvalue weighted by molar-refractivity contribution is 0.599. The summed E-state index contributed by atoms with van der Waals surface area (Å²) in [6, 6.07) is 7.33. The van der Waals surface area contributed by atoms with Gasteiger partial charge in [-0.25, -0.2) is 8.42 Å². The van der Waals surface area contributed by atoms with E-state index in [1.165, 1.54) is 0 Å². The molecule has 1 aromatic carbocycles. The molecule has 6 nitrogen and oxygen atoms in total. The second-order valence-corrected chi connectivity index (χ2v) is 6.54. The Kier molecular flexibility index (Phi) is 4.34. The zero-order valence-electron chi connectivity index (χ0n) is 12.6. The van der Waals surface area contributed by atoms with Crippen LogP contribution in [0.4, 0.5) is 5.69 Å². The predicted octanol–water partition coefficient (Wildman–Crippen LogP) is 1.56. The van der Waals surface area contributed by atoms with Crippen molar-refractivity contribution in [2.45, 2.75) is 25.3 Å². The molecule has 2 N–H and O–H groups in total. The third-order valence-electron chi connectivity index (χ3n) is 3.34. The molecule has 114 valence electrons. The maximum Gasteiger partial charge on any atom is 0.265 e. The van der Waals surface area contributed by atoms with Crippen molar-refractivity contribution in [2.24, 2.45) is 7.05 Å². The summed E-state index contributed by atoms with van der Waals surface area (Å²) in [5.41, 5.74) is 2.58. The zero-order valence-corrected chi connectivity index (χ0v) is 13.5. The molecule has 0 fully saturated rings. The van der Waals surface area contributed by atoms with Crippen molar-refractivity contribution in [1.82, 2.24) is 15.1 Å². The minimum Gasteiger partial charge on any atom is -0.316 e. The van der Waals surface area contributed by atoms with Gasteiger partial charge < -0.3 is 5.32 Å². The Hall–Kier alpha value is -1.86. The number of para-hydroxylation sites is 1. The highest BCUT2D eigenvalue weighted by molar-refractivity contribution is 7.92. The van der Waals surface area contributed by atoms with Crippen molar-refractivity contribution in [3.05, 3.63) is 41.2 Å². The highest BCUT2D eigenvalue weighted by Gasteiger charge is 2.24. The number of sulfonamides is 1. The summed E-state index contributed by atoms with van der Waals surface area (Å²) in [6.07, 6.45) is 0. The predicted molar refractivity (Wildman–Crippen MR) is 82.7 cm³/mol. The summed E-state index contributed by atoms with van der Waals surface area (Å²) >= 11 is 0. The van der Waals surface area contributed by atoms with Gasteiger partial charge in [-0.05, 0) is 32.5 Å². The van der Waals surface area contributed by atoms with Crippen LogP contribution in [0.25, 0.3) is 0 Å². The first-order valence-corrected chi connectivity index (χ1v) is 8.10. The molecule has 1 aromatic heterocycles. The lowest BCUT2D eigenvalue weighted by Gasteiger charge is -2.12. The van der Waals surface area contributed by atoms with E-state index in [0.717, 1.165) is 5.56 Å². The Morgan fingerprint density at radius 1 is 1.24 bits per heavy atom. The molecule has 2 rings (SSSR count). The molecule has 21 heavy (non-hydrogen) atoms. The largest absolute Gasteiger partial charge is 0.316 e. The van der Waals surface area contributed by atoms with E-state index in [2.05, 4.69) is 15.1 Å². The van der Waals surface area contributed by atoms with Crippen LogP contribution in [0.5, 0.6) is 0 Å². The van der Waals surface area contributed by atoms with E-state index in [1.54, 1.807) is 37.7 Å². The first-order chi connectivity index (χ1) is 9.86. The molecular weight excluding hydrogens is 288 g/mol. The first kappa shape index (κ1) is 15.5. The van der Waals surface area contributed by atoms with Crippen LogP contribution in [-0.2, 0) is 23.6 Å². The van der Waals surface area contributed by atoms with Crippen molar-refractivity contribution < 1.29 is 8.42 Å². The number of nitrogens with zero attached hydrogens (tertiary/aromatic N) is 2. The fourth-order valence-corrected chi connectivity index (χ4v) is 3.84. The van der Waals surface area contributed by atoms with Crippen molar-refractivity contribution >= 4 is 15.7 Å². The average molecular weight is 308 g/mol. The van der Waals surface area contributed by atoms with Gasteiger partial charge in [-0.15, -0.1) is 0 Å². The minimum atomic E-state index is -3.66. The third kappa shape index (κ3) is 3.08. The number of rotatable bonds is 5. The fraction of sp³-hybridized carbons (Fsp3) is 0.357. The molecular formula is C14H20N4O2S. The van der Waals surface area contributed by atoms with Crippen LogP contribution in [0.2, 0.25) is 0 Å². The van der Waals surface area contributed by atoms with E-state index in [0.29, 0.717) is 23.6 Å². The van der Waals surface area contributed by atoms with Gasteiger partial charge in [0.2, 0.25) is 0 Å². The molecule has 1 heterocycles. The van der Waals surface area contributed by atoms with Gasteiger partial charge in [0.1, 0.15) is 4.90 Å². The summed E-state index contributed by atoms with van der Waals surface area (Å²) in [5, 5.41) is 7.19. The van der Waals surface area contributed by atoms with E-state index in [1.807, 2.05) is 19.2 Å². The molecule has 2 aromatic rings. The van der Waals surface area contributed by atoms with Crippen molar-refractivity contribution in [3.63, 3.8) is 0 Å². The van der Waals surface area contributed by atoms with Crippen molar-refractivity contribution in [1.29, 1.82) is 0 Å². The Labute approximate surface area is 125 Å². The van der Waals surface area contributed by atoms with Crippen LogP contribution >= 0.6 is 0 Å². The van der Waals surface area contributed by atoms with Crippen LogP contribution in [0.15, 0.2) is 29.2 Å². The number of aromatic nitrogens is 2. The number of hydrogen-bond acceptors (Lipinski definition) is 4. The van der Waals surface area contributed by atoms with E-state index in [-0.39, 0.29) is 4.90 Å². The highest BCUT2D eigenvalue weighted by atomic mass is 32.2. The number of benzene rings is 1. The molecule has 0 saturated heterocycles. The van der Waals surface area contributed by atoms with Gasteiger partial charge in [0.05, 0.1) is 17.1 Å². The summed E-state index contributed by atoms with van der Waals surface area (Å²) in [6.45, 7) is 4.03. The molecule has 0 aliphatic rings. The minimum absolute atomic E-state index is 0.240. The number of hydrogen-bond donors (Lipinski definition) is 2. The van der Waals surface area contributed by atoms with Crippen molar-refractivity contribution in [3.8, 4) is 0 Å². The summed E-state index contributed by atoms with van der Waals surface area (Å²) in [7, 11) is -0.103. The van der Waals surface area contributed by atoms with Gasteiger partial charge in [0.15, 0.2) is 0 Å². The van der Waals surface area contributed by atoms with Crippen LogP contribution < -0.4 is 10.0 Å². The van der Waals surface area contributed by atoms with E-state index in [4.69, 9.17) is 0 Å². The van der Waals surface area contributed by atoms with Crippen LogP contribution in [0, 0.1) is 13.8 Å². The topological polar surface area (TPSA) is 76.0 Å². The second kappa shape index (κ2) is 5.87. The van der Waals surface area contributed by atoms with Gasteiger partial charge in [-0.1, -0.05) is 18.2 Å². The molecule has 0 amide bonds. The number of aryl methyl sites for hydroxylation is 2. The maximum absolute atomic E-state index is 12.6. The van der Waals surface area contributed by atoms with E-state index >= 15 is 0 Å². The average Bonchev–Trinajstić information content (AvgIpc) is 2.66. The molecule has 0 unspecified atom stereocenters. The molecule has 0 atom stereocenters. The van der Waals surface area contributed by atoms with Gasteiger partial charge in [0.25, 0.3) is 10.0 Å². The monoisotopic (exact) mass is 308 g/mol. The second-order valence-electron chi connectivity index (χ2n) is 4.92. The normalized spacial score (nSPS) is 11.6. The molecule has 0 spiro atoms. The third-order valence-corrected chi connectivity index (χ3v) is 4.96. The molecule has 0 aliphatic heterocycles. The van der Waals surface area contributed by atoms with Gasteiger partial charge in [-0.3, -0.25) is 9.40 Å². The van der Waals surface area contributed by atoms with E-state index < -0.39 is 10.0 Å². The SMILES string of the molecule is CNCc1ccccc1NS(=O)(=O)c1c(C)nn(C)c1C. The molecule has 0 aliphatic carbocycles. The van der Waals surface area contributed by atoms with Crippen LogP contribution in [0.1, 0.15) is 17.0 Å². The number of nitrogens with one attached hydrogen (secondary N) is 2. The van der Waals surface area contributed by atoms with Gasteiger partial charge in [0, 0.05) is 13.6 Å². The van der Waals surface area contributed by atoms with Crippen LogP contribution in [-0.4, -0.2) is 25.2 Å². The Balaban J connectivity index is 2.43. The smallest absolute Gasteiger partial charge is 0.265 e. The van der Waals surface area contributed by atoms with Gasteiger partial charge >= 0.3 is 0 Å². The highest BCUT2D eigenvalue weighted by Crippen LogP contribution is 2.24. The Morgan fingerprint density at radius 3 is 2.48 bits per heavy atom. The quantitative estimate of drug-likeness (QED) is 0.879. The Bertz CT molecular complexity index is 750. The molecule has 7 heteroatoms. The van der Waals surface area contributed by atoms with Crippen LogP contribution in [0.3, 0.4) is 0 Å². The first-order valence-electron chi connectivity index (χ1n) is 6.62. The van der Waals surface area contributed by atoms with Crippen molar-refractivity contribution in [2.75, 3.05) is 11.8 Å². The van der Waals surface area contributed by atoms with Gasteiger partial charge in [-0.2, -0.15) is 5.10 Å². The summed E-state index contributed by atoms with van der Waals surface area (Å²) in [5.74, 6) is 0. The maximum atomic E-state index is 12.6. The Morgan fingerprint density at radius 2 is 1.90 bits per heavy atom. The fourth-order valence-electron chi connectivity index (χ4n) is 2.30. The zero-order chi connectivity index (χ0) is 15.6. The number of anilines is 1. The summed E-state index contributed by atoms with van der Waals surface area (Å²) < 4.78 is 29.5. The lowest BCUT2D eigenvalue weighted by Crippen LogP contribution is -2.17. The van der Waals surface area contributed by atoms with E-state index in [9.17, 15) is 8.42 Å².